The predicted octanol–water partition coefficient (Wildman–Crippen LogP) is 2.52. The van der Waals surface area contributed by atoms with E-state index < -0.39 is 0 Å². The molecule has 0 amide bonds. The molecule has 0 aliphatic heterocycles. The van der Waals surface area contributed by atoms with E-state index in [-0.39, 0.29) is 5.41 Å². The van der Waals surface area contributed by atoms with Gasteiger partial charge in [-0.15, -0.1) is 0 Å². The predicted molar refractivity (Wildman–Crippen MR) is 69.2 cm³/mol. The topological polar surface area (TPSA) is 61.0 Å². The molecule has 0 aliphatic carbocycles. The molecule has 0 spiro atoms. The van der Waals surface area contributed by atoms with Gasteiger partial charge in [0.05, 0.1) is 18.3 Å². The Morgan fingerprint density at radius 2 is 1.88 bits per heavy atom. The van der Waals surface area contributed by atoms with E-state index in [0.717, 1.165) is 22.3 Å². The van der Waals surface area contributed by atoms with Gasteiger partial charge in [-0.25, -0.2) is 9.97 Å². The van der Waals surface area contributed by atoms with Crippen molar-refractivity contribution in [3.63, 3.8) is 0 Å². The number of benzene rings is 1. The van der Waals surface area contributed by atoms with E-state index in [9.17, 15) is 0 Å². The van der Waals surface area contributed by atoms with Crippen molar-refractivity contribution in [3.8, 4) is 5.75 Å². The molecule has 0 saturated heterocycles. The van der Waals surface area contributed by atoms with Crippen molar-refractivity contribution in [2.75, 3.05) is 12.8 Å². The lowest BCUT2D eigenvalue weighted by molar-refractivity contribution is 0.415. The zero-order chi connectivity index (χ0) is 12.6. The van der Waals surface area contributed by atoms with Gasteiger partial charge >= 0.3 is 0 Å². The normalized spacial score (nSPS) is 11.8. The summed E-state index contributed by atoms with van der Waals surface area (Å²) in [6, 6.07) is 5.77. The van der Waals surface area contributed by atoms with Gasteiger partial charge in [-0.2, -0.15) is 0 Å². The van der Waals surface area contributed by atoms with E-state index in [1.165, 1.54) is 0 Å². The Labute approximate surface area is 101 Å². The number of nitrogens with zero attached hydrogens (tertiary/aromatic N) is 2. The van der Waals surface area contributed by atoms with Crippen LogP contribution in [0.2, 0.25) is 0 Å². The number of nitrogen functional groups attached to an aromatic ring is 1. The molecule has 1 aromatic heterocycles. The van der Waals surface area contributed by atoms with Crippen LogP contribution >= 0.6 is 0 Å². The third kappa shape index (κ3) is 2.16. The average molecular weight is 231 g/mol. The van der Waals surface area contributed by atoms with E-state index in [1.54, 1.807) is 7.11 Å². The summed E-state index contributed by atoms with van der Waals surface area (Å²) in [4.78, 5) is 8.60. The van der Waals surface area contributed by atoms with Crippen LogP contribution in [-0.2, 0) is 5.41 Å². The molecule has 1 heterocycles. The standard InChI is InChI=1S/C13H17N3O/c1-13(2,3)11-9-6-5-8(17-4)7-10(9)15-12(14)16-11/h5-7H,1-4H3,(H2,14,15,16). The fourth-order valence-corrected chi connectivity index (χ4v) is 1.83. The largest absolute Gasteiger partial charge is 0.497 e. The van der Waals surface area contributed by atoms with Gasteiger partial charge in [0.15, 0.2) is 0 Å². The minimum atomic E-state index is -0.0656. The second kappa shape index (κ2) is 3.87. The molecule has 17 heavy (non-hydrogen) atoms. The Balaban J connectivity index is 2.77. The number of anilines is 1. The highest BCUT2D eigenvalue weighted by Crippen LogP contribution is 2.29. The lowest BCUT2D eigenvalue weighted by atomic mass is 9.89. The summed E-state index contributed by atoms with van der Waals surface area (Å²) in [5.41, 5.74) is 7.47. The lowest BCUT2D eigenvalue weighted by Gasteiger charge is -2.20. The highest BCUT2D eigenvalue weighted by atomic mass is 16.5. The van der Waals surface area contributed by atoms with Crippen molar-refractivity contribution >= 4 is 16.9 Å². The second-order valence-electron chi connectivity index (χ2n) is 5.06. The number of fused-ring (bicyclic) bond motifs is 1. The fraction of sp³-hybridized carbons (Fsp3) is 0.385. The molecule has 2 aromatic rings. The summed E-state index contributed by atoms with van der Waals surface area (Å²) < 4.78 is 5.19. The average Bonchev–Trinajstić information content (AvgIpc) is 2.25. The van der Waals surface area contributed by atoms with E-state index >= 15 is 0 Å². The maximum absolute atomic E-state index is 5.75. The molecular formula is C13H17N3O. The van der Waals surface area contributed by atoms with E-state index in [2.05, 4.69) is 30.7 Å². The van der Waals surface area contributed by atoms with Gasteiger partial charge < -0.3 is 10.5 Å². The molecule has 0 atom stereocenters. The smallest absolute Gasteiger partial charge is 0.220 e. The number of hydrogen-bond donors (Lipinski definition) is 1. The number of methoxy groups -OCH3 is 1. The zero-order valence-corrected chi connectivity index (χ0v) is 10.6. The van der Waals surface area contributed by atoms with E-state index in [0.29, 0.717) is 5.95 Å². The highest BCUT2D eigenvalue weighted by Gasteiger charge is 2.20. The Morgan fingerprint density at radius 3 is 2.47 bits per heavy atom. The molecule has 0 aliphatic rings. The first kappa shape index (κ1) is 11.6. The molecule has 0 bridgehead atoms. The summed E-state index contributed by atoms with van der Waals surface area (Å²) in [6.45, 7) is 6.33. The Kier molecular flexibility index (Phi) is 2.65. The quantitative estimate of drug-likeness (QED) is 0.819. The van der Waals surface area contributed by atoms with E-state index in [1.807, 2.05) is 18.2 Å². The maximum Gasteiger partial charge on any atom is 0.220 e. The summed E-state index contributed by atoms with van der Waals surface area (Å²) in [7, 11) is 1.64. The Morgan fingerprint density at radius 1 is 1.18 bits per heavy atom. The van der Waals surface area contributed by atoms with Gasteiger partial charge in [-0.1, -0.05) is 20.8 Å². The lowest BCUT2D eigenvalue weighted by Crippen LogP contribution is -2.16. The summed E-state index contributed by atoms with van der Waals surface area (Å²) in [5, 5.41) is 1.02. The third-order valence-electron chi connectivity index (χ3n) is 2.63. The van der Waals surface area contributed by atoms with Crippen molar-refractivity contribution in [2.45, 2.75) is 26.2 Å². The molecule has 0 radical (unpaired) electrons. The Bertz CT molecular complexity index is 558. The van der Waals surface area contributed by atoms with Crippen LogP contribution < -0.4 is 10.5 Å². The first-order chi connectivity index (χ1) is 7.91. The second-order valence-corrected chi connectivity index (χ2v) is 5.06. The molecule has 90 valence electrons. The SMILES string of the molecule is COc1ccc2c(C(C)(C)C)nc(N)nc2c1. The van der Waals surface area contributed by atoms with Crippen molar-refractivity contribution < 1.29 is 4.74 Å². The van der Waals surface area contributed by atoms with Gasteiger partial charge in [0.1, 0.15) is 5.75 Å². The first-order valence-electron chi connectivity index (χ1n) is 5.53. The molecule has 2 N–H and O–H groups in total. The van der Waals surface area contributed by atoms with Gasteiger partial charge in [-0.3, -0.25) is 0 Å². The van der Waals surface area contributed by atoms with Crippen LogP contribution in [0.4, 0.5) is 5.95 Å². The summed E-state index contributed by atoms with van der Waals surface area (Å²) in [5.74, 6) is 1.08. The van der Waals surface area contributed by atoms with Crippen LogP contribution in [0.5, 0.6) is 5.75 Å². The van der Waals surface area contributed by atoms with Crippen LogP contribution in [-0.4, -0.2) is 17.1 Å². The highest BCUT2D eigenvalue weighted by molar-refractivity contribution is 5.84. The first-order valence-corrected chi connectivity index (χ1v) is 5.53. The third-order valence-corrected chi connectivity index (χ3v) is 2.63. The van der Waals surface area contributed by atoms with Crippen LogP contribution in [0.25, 0.3) is 10.9 Å². The molecular weight excluding hydrogens is 214 g/mol. The minimum Gasteiger partial charge on any atom is -0.497 e. The zero-order valence-electron chi connectivity index (χ0n) is 10.6. The monoisotopic (exact) mass is 231 g/mol. The molecule has 0 saturated carbocycles. The van der Waals surface area contributed by atoms with Crippen LogP contribution in [0.3, 0.4) is 0 Å². The van der Waals surface area contributed by atoms with Gasteiger partial charge in [0.25, 0.3) is 0 Å². The van der Waals surface area contributed by atoms with Crippen LogP contribution in [0, 0.1) is 0 Å². The number of nitrogens with two attached hydrogens (primary N) is 1. The minimum absolute atomic E-state index is 0.0656. The fourth-order valence-electron chi connectivity index (χ4n) is 1.83. The molecule has 0 unspecified atom stereocenters. The molecule has 4 nitrogen and oxygen atoms in total. The summed E-state index contributed by atoms with van der Waals surface area (Å²) in [6.07, 6.45) is 0. The maximum atomic E-state index is 5.75. The van der Waals surface area contributed by atoms with Crippen molar-refractivity contribution in [1.29, 1.82) is 0 Å². The molecule has 0 fully saturated rings. The number of hydrogen-bond acceptors (Lipinski definition) is 4. The van der Waals surface area contributed by atoms with Gasteiger partial charge in [0, 0.05) is 16.9 Å². The number of ether oxygens (including phenoxy) is 1. The van der Waals surface area contributed by atoms with Crippen molar-refractivity contribution in [3.05, 3.63) is 23.9 Å². The van der Waals surface area contributed by atoms with Crippen molar-refractivity contribution in [1.82, 2.24) is 9.97 Å². The van der Waals surface area contributed by atoms with Crippen LogP contribution in [0.15, 0.2) is 18.2 Å². The van der Waals surface area contributed by atoms with Crippen molar-refractivity contribution in [2.24, 2.45) is 0 Å². The van der Waals surface area contributed by atoms with E-state index in [4.69, 9.17) is 10.5 Å². The van der Waals surface area contributed by atoms with Crippen LogP contribution in [0.1, 0.15) is 26.5 Å². The number of aromatic nitrogens is 2. The molecule has 2 rings (SSSR count). The molecule has 4 heteroatoms. The number of rotatable bonds is 1. The summed E-state index contributed by atoms with van der Waals surface area (Å²) >= 11 is 0. The van der Waals surface area contributed by atoms with Gasteiger partial charge in [0.2, 0.25) is 5.95 Å². The molecule has 1 aromatic carbocycles. The Hall–Kier alpha value is -1.84. The van der Waals surface area contributed by atoms with Gasteiger partial charge in [-0.05, 0) is 12.1 Å².